The second-order valence-corrected chi connectivity index (χ2v) is 10.7. The maximum atomic E-state index is 15.1. The molecular weight excluding hydrogens is 561 g/mol. The molecule has 2 N–H and O–H groups in total. The second-order valence-electron chi connectivity index (χ2n) is 9.66. The number of aromatic nitrogens is 4. The lowest BCUT2D eigenvalue weighted by molar-refractivity contribution is 0.0402. The lowest BCUT2D eigenvalue weighted by Crippen LogP contribution is -2.32. The van der Waals surface area contributed by atoms with E-state index in [1.807, 2.05) is 26.0 Å². The van der Waals surface area contributed by atoms with Crippen LogP contribution in [-0.4, -0.2) is 56.6 Å². The van der Waals surface area contributed by atoms with E-state index in [9.17, 15) is 4.79 Å². The second kappa shape index (κ2) is 12.6. The van der Waals surface area contributed by atoms with Crippen molar-refractivity contribution in [1.29, 1.82) is 0 Å². The maximum Gasteiger partial charge on any atom is 0.412 e. The standard InChI is InChI=1S/C30H30FN5O5S/c1-5-39-27-15-33-28-21(10-16(2)11-24(28)35-27)29-36-23-12-22(31)25(13-26(23)42-29)40-17(3)18(4)41-30(38)34-20-7-6-19(8-9-37)32-14-20/h6-7,10-15,17-18,37H,5,8-9H2,1-4H3,(H,34,38)/t17-,18+/m0/s1. The summed E-state index contributed by atoms with van der Waals surface area (Å²) in [5, 5.41) is 12.3. The first-order valence-electron chi connectivity index (χ1n) is 13.4. The molecule has 0 fully saturated rings. The molecular formula is C30H30FN5O5S. The first-order chi connectivity index (χ1) is 20.2. The van der Waals surface area contributed by atoms with Crippen LogP contribution in [0.4, 0.5) is 14.9 Å². The molecule has 0 spiro atoms. The van der Waals surface area contributed by atoms with Crippen LogP contribution in [0.25, 0.3) is 31.8 Å². The highest BCUT2D eigenvalue weighted by Gasteiger charge is 2.22. The first-order valence-corrected chi connectivity index (χ1v) is 14.3. The number of anilines is 1. The van der Waals surface area contributed by atoms with Crippen molar-refractivity contribution in [1.82, 2.24) is 19.9 Å². The Morgan fingerprint density at radius 1 is 1.07 bits per heavy atom. The number of aliphatic hydroxyl groups is 1. The van der Waals surface area contributed by atoms with Gasteiger partial charge in [0.25, 0.3) is 0 Å². The number of rotatable bonds is 10. The minimum Gasteiger partial charge on any atom is -0.484 e. The molecule has 2 aromatic carbocycles. The van der Waals surface area contributed by atoms with E-state index in [-0.39, 0.29) is 12.4 Å². The zero-order valence-corrected chi connectivity index (χ0v) is 24.4. The van der Waals surface area contributed by atoms with Gasteiger partial charge in [-0.05, 0) is 57.5 Å². The number of thiazole rings is 1. The Kier molecular flexibility index (Phi) is 8.74. The summed E-state index contributed by atoms with van der Waals surface area (Å²) in [5.74, 6) is -0.100. The van der Waals surface area contributed by atoms with Gasteiger partial charge >= 0.3 is 6.09 Å². The van der Waals surface area contributed by atoms with Gasteiger partial charge in [0, 0.05) is 36.4 Å². The SMILES string of the molecule is CCOc1cnc2c(-c3nc4cc(F)c(O[C@@H](C)[C@@H](C)OC(=O)Nc5ccc(CCO)nc5)cc4s3)cc(C)cc2n1. The third kappa shape index (κ3) is 6.55. The number of benzene rings is 2. The fraction of sp³-hybridized carbons (Fsp3) is 0.300. The Morgan fingerprint density at radius 3 is 2.64 bits per heavy atom. The third-order valence-corrected chi connectivity index (χ3v) is 7.49. The van der Waals surface area contributed by atoms with E-state index in [0.717, 1.165) is 15.8 Å². The predicted molar refractivity (Wildman–Crippen MR) is 159 cm³/mol. The topological polar surface area (TPSA) is 129 Å². The molecule has 12 heteroatoms. The number of pyridine rings is 1. The van der Waals surface area contributed by atoms with Crippen molar-refractivity contribution in [2.75, 3.05) is 18.5 Å². The van der Waals surface area contributed by atoms with Crippen LogP contribution in [0.1, 0.15) is 32.0 Å². The molecule has 5 rings (SSSR count). The average Bonchev–Trinajstić information content (AvgIpc) is 3.36. The van der Waals surface area contributed by atoms with E-state index < -0.39 is 24.1 Å². The molecule has 5 aromatic rings. The van der Waals surface area contributed by atoms with Crippen LogP contribution in [0, 0.1) is 12.7 Å². The molecule has 218 valence electrons. The number of fused-ring (bicyclic) bond motifs is 2. The van der Waals surface area contributed by atoms with Crippen LogP contribution in [0.5, 0.6) is 11.6 Å². The van der Waals surface area contributed by atoms with E-state index in [1.54, 1.807) is 38.2 Å². The molecule has 0 unspecified atom stereocenters. The first kappa shape index (κ1) is 29.1. The number of aryl methyl sites for hydroxylation is 1. The molecule has 0 radical (unpaired) electrons. The molecule has 0 bridgehead atoms. The number of aliphatic hydroxyl groups excluding tert-OH is 1. The molecule has 1 amide bonds. The molecule has 0 aliphatic rings. The zero-order valence-electron chi connectivity index (χ0n) is 23.6. The van der Waals surface area contributed by atoms with Gasteiger partial charge in [-0.1, -0.05) is 0 Å². The monoisotopic (exact) mass is 591 g/mol. The Labute approximate surface area is 245 Å². The van der Waals surface area contributed by atoms with E-state index in [2.05, 4.69) is 25.3 Å². The quantitative estimate of drug-likeness (QED) is 0.198. The largest absolute Gasteiger partial charge is 0.484 e. The van der Waals surface area contributed by atoms with Crippen LogP contribution in [0.15, 0.2) is 48.8 Å². The molecule has 0 saturated carbocycles. The van der Waals surface area contributed by atoms with Gasteiger partial charge in [-0.3, -0.25) is 10.3 Å². The molecule has 0 aliphatic heterocycles. The fourth-order valence-electron chi connectivity index (χ4n) is 4.23. The summed E-state index contributed by atoms with van der Waals surface area (Å²) in [4.78, 5) is 30.3. The summed E-state index contributed by atoms with van der Waals surface area (Å²) in [6, 6.07) is 10.2. The van der Waals surface area contributed by atoms with Crippen molar-refractivity contribution in [2.45, 2.75) is 46.3 Å². The number of amides is 1. The summed E-state index contributed by atoms with van der Waals surface area (Å²) in [6.07, 6.45) is 1.44. The van der Waals surface area contributed by atoms with Crippen LogP contribution in [0.2, 0.25) is 0 Å². The fourth-order valence-corrected chi connectivity index (χ4v) is 5.23. The lowest BCUT2D eigenvalue weighted by Gasteiger charge is -2.22. The molecule has 42 heavy (non-hydrogen) atoms. The number of hydrogen-bond donors (Lipinski definition) is 2. The highest BCUT2D eigenvalue weighted by Crippen LogP contribution is 2.37. The van der Waals surface area contributed by atoms with Gasteiger partial charge in [-0.25, -0.2) is 24.1 Å². The van der Waals surface area contributed by atoms with Crippen LogP contribution in [-0.2, 0) is 11.2 Å². The Morgan fingerprint density at radius 2 is 1.90 bits per heavy atom. The number of carbonyl (C=O) groups excluding carboxylic acids is 1. The number of hydrogen-bond acceptors (Lipinski definition) is 10. The predicted octanol–water partition coefficient (Wildman–Crippen LogP) is 6.09. The summed E-state index contributed by atoms with van der Waals surface area (Å²) < 4.78 is 32.6. The van der Waals surface area contributed by atoms with Crippen molar-refractivity contribution < 1.29 is 28.5 Å². The van der Waals surface area contributed by atoms with E-state index >= 15 is 4.39 Å². The van der Waals surface area contributed by atoms with Gasteiger partial charge in [0.1, 0.15) is 17.2 Å². The summed E-state index contributed by atoms with van der Waals surface area (Å²) >= 11 is 1.39. The van der Waals surface area contributed by atoms with Gasteiger partial charge < -0.3 is 19.3 Å². The smallest absolute Gasteiger partial charge is 0.412 e. The Hall–Kier alpha value is -4.42. The lowest BCUT2D eigenvalue weighted by atomic mass is 10.1. The molecule has 10 nitrogen and oxygen atoms in total. The third-order valence-electron chi connectivity index (χ3n) is 6.44. The average molecular weight is 592 g/mol. The van der Waals surface area contributed by atoms with Gasteiger partial charge in [0.2, 0.25) is 5.88 Å². The van der Waals surface area contributed by atoms with Gasteiger partial charge in [0.05, 0.1) is 45.9 Å². The zero-order chi connectivity index (χ0) is 29.8. The number of ether oxygens (including phenoxy) is 3. The normalized spacial score (nSPS) is 12.7. The molecule has 0 saturated heterocycles. The summed E-state index contributed by atoms with van der Waals surface area (Å²) in [7, 11) is 0. The van der Waals surface area contributed by atoms with Gasteiger partial charge in [-0.2, -0.15) is 0 Å². The number of carbonyl (C=O) groups is 1. The van der Waals surface area contributed by atoms with E-state index in [1.165, 1.54) is 23.6 Å². The van der Waals surface area contributed by atoms with Crippen molar-refractivity contribution in [2.24, 2.45) is 0 Å². The minimum absolute atomic E-state index is 0.00983. The van der Waals surface area contributed by atoms with Crippen molar-refractivity contribution in [3.8, 4) is 22.2 Å². The number of nitrogens with one attached hydrogen (secondary N) is 1. The Balaban J connectivity index is 1.30. The van der Waals surface area contributed by atoms with Gasteiger partial charge in [-0.15, -0.1) is 11.3 Å². The van der Waals surface area contributed by atoms with Gasteiger partial charge in [0.15, 0.2) is 11.6 Å². The molecule has 3 aromatic heterocycles. The van der Waals surface area contributed by atoms with Crippen molar-refractivity contribution in [3.63, 3.8) is 0 Å². The van der Waals surface area contributed by atoms with Crippen molar-refractivity contribution >= 4 is 44.4 Å². The van der Waals surface area contributed by atoms with Crippen LogP contribution in [0.3, 0.4) is 0 Å². The molecule has 2 atom stereocenters. The van der Waals surface area contributed by atoms with Crippen molar-refractivity contribution in [3.05, 3.63) is 65.9 Å². The molecule has 0 aliphatic carbocycles. The summed E-state index contributed by atoms with van der Waals surface area (Å²) in [6.45, 7) is 7.69. The Bertz CT molecular complexity index is 1730. The number of halogens is 1. The van der Waals surface area contributed by atoms with Crippen LogP contribution < -0.4 is 14.8 Å². The van der Waals surface area contributed by atoms with E-state index in [0.29, 0.717) is 51.8 Å². The molecule has 3 heterocycles. The maximum absolute atomic E-state index is 15.1. The highest BCUT2D eigenvalue weighted by molar-refractivity contribution is 7.21. The minimum atomic E-state index is -0.697. The number of nitrogens with zero attached hydrogens (tertiary/aromatic N) is 4. The van der Waals surface area contributed by atoms with E-state index in [4.69, 9.17) is 19.3 Å². The highest BCUT2D eigenvalue weighted by atomic mass is 32.1. The van der Waals surface area contributed by atoms with Crippen LogP contribution >= 0.6 is 11.3 Å². The summed E-state index contributed by atoms with van der Waals surface area (Å²) in [5.41, 5.74) is 4.78.